The summed E-state index contributed by atoms with van der Waals surface area (Å²) in [5.74, 6) is 0.950. The van der Waals surface area contributed by atoms with Crippen molar-refractivity contribution in [2.45, 2.75) is 6.92 Å². The number of halogens is 1. The molecule has 1 heterocycles. The van der Waals surface area contributed by atoms with E-state index in [0.717, 1.165) is 26.9 Å². The predicted octanol–water partition coefficient (Wildman–Crippen LogP) is 7.03. The zero-order chi connectivity index (χ0) is 23.2. The van der Waals surface area contributed by atoms with Crippen LogP contribution in [0.4, 0.5) is 0 Å². The fourth-order valence-corrected chi connectivity index (χ4v) is 4.78. The highest BCUT2D eigenvalue weighted by Gasteiger charge is 2.10. The Hall–Kier alpha value is -3.09. The van der Waals surface area contributed by atoms with E-state index in [1.54, 1.807) is 17.4 Å². The van der Waals surface area contributed by atoms with Gasteiger partial charge in [0, 0.05) is 14.0 Å². The molecular weight excluding hydrogens is 500 g/mol. The van der Waals surface area contributed by atoms with Crippen molar-refractivity contribution in [2.24, 2.45) is 0 Å². The Bertz CT molecular complexity index is 1260. The van der Waals surface area contributed by atoms with E-state index in [1.165, 1.54) is 22.1 Å². The number of thiophene rings is 1. The second-order valence-electron chi connectivity index (χ2n) is 7.38. The standard InChI is InChI=1S/C27H23BrO4S/c1-18-15-22(11-12-24(18)32-17-27(29)30-2)31-14-13-23(19-7-9-21(28)10-8-19)26-16-20-5-3-4-6-25(20)33-26/h3-13,15-16H,14,17H2,1-2H3/b23-13-. The fraction of sp³-hybridized carbons (Fsp3) is 0.148. The van der Waals surface area contributed by atoms with Crippen LogP contribution in [0.2, 0.25) is 0 Å². The lowest BCUT2D eigenvalue weighted by atomic mass is 10.0. The van der Waals surface area contributed by atoms with Crippen LogP contribution in [0.5, 0.6) is 11.5 Å². The highest BCUT2D eigenvalue weighted by molar-refractivity contribution is 9.10. The minimum Gasteiger partial charge on any atom is -0.489 e. The number of ether oxygens (including phenoxy) is 3. The van der Waals surface area contributed by atoms with Crippen LogP contribution in [0.25, 0.3) is 15.7 Å². The monoisotopic (exact) mass is 522 g/mol. The molecular formula is C27H23BrO4S. The van der Waals surface area contributed by atoms with Gasteiger partial charge in [0.05, 0.1) is 7.11 Å². The van der Waals surface area contributed by atoms with Gasteiger partial charge in [-0.05, 0) is 77.6 Å². The Morgan fingerprint density at radius 2 is 1.79 bits per heavy atom. The molecule has 0 bridgehead atoms. The molecule has 0 saturated heterocycles. The Morgan fingerprint density at radius 1 is 1.00 bits per heavy atom. The Balaban J connectivity index is 1.54. The second-order valence-corrected chi connectivity index (χ2v) is 9.38. The summed E-state index contributed by atoms with van der Waals surface area (Å²) < 4.78 is 18.4. The normalized spacial score (nSPS) is 11.4. The van der Waals surface area contributed by atoms with Gasteiger partial charge >= 0.3 is 5.97 Å². The molecule has 4 aromatic rings. The molecule has 4 rings (SSSR count). The van der Waals surface area contributed by atoms with Crippen LogP contribution in [0.15, 0.2) is 83.3 Å². The van der Waals surface area contributed by atoms with E-state index in [2.05, 4.69) is 69.2 Å². The lowest BCUT2D eigenvalue weighted by Gasteiger charge is -2.11. The van der Waals surface area contributed by atoms with Gasteiger partial charge in [0.25, 0.3) is 0 Å². The predicted molar refractivity (Wildman–Crippen MR) is 137 cm³/mol. The minimum absolute atomic E-state index is 0.119. The van der Waals surface area contributed by atoms with Crippen LogP contribution in [-0.2, 0) is 9.53 Å². The summed E-state index contributed by atoms with van der Waals surface area (Å²) in [5.41, 5.74) is 3.16. The van der Waals surface area contributed by atoms with Crippen LogP contribution in [0.3, 0.4) is 0 Å². The average Bonchev–Trinajstić information content (AvgIpc) is 3.25. The first kappa shape index (κ1) is 23.1. The first-order valence-corrected chi connectivity index (χ1v) is 12.0. The molecule has 0 radical (unpaired) electrons. The first-order valence-electron chi connectivity index (χ1n) is 10.4. The van der Waals surface area contributed by atoms with Gasteiger partial charge in [-0.25, -0.2) is 4.79 Å². The number of fused-ring (bicyclic) bond motifs is 1. The van der Waals surface area contributed by atoms with Gasteiger partial charge in [-0.2, -0.15) is 0 Å². The Kier molecular flexibility index (Phi) is 7.47. The fourth-order valence-electron chi connectivity index (χ4n) is 3.40. The van der Waals surface area contributed by atoms with Crippen molar-refractivity contribution in [2.75, 3.05) is 20.3 Å². The van der Waals surface area contributed by atoms with E-state index in [1.807, 2.05) is 31.2 Å². The van der Waals surface area contributed by atoms with Crippen molar-refractivity contribution >= 4 is 48.9 Å². The molecule has 0 saturated carbocycles. The number of hydrogen-bond donors (Lipinski definition) is 0. The third kappa shape index (κ3) is 5.83. The third-order valence-electron chi connectivity index (χ3n) is 5.10. The zero-order valence-corrected chi connectivity index (χ0v) is 20.7. The van der Waals surface area contributed by atoms with Gasteiger partial charge < -0.3 is 14.2 Å². The molecule has 6 heteroatoms. The maximum Gasteiger partial charge on any atom is 0.343 e. The molecule has 3 aromatic carbocycles. The maximum atomic E-state index is 11.3. The summed E-state index contributed by atoms with van der Waals surface area (Å²) in [6.45, 7) is 2.22. The van der Waals surface area contributed by atoms with Gasteiger partial charge in [-0.1, -0.05) is 46.3 Å². The molecule has 0 spiro atoms. The van der Waals surface area contributed by atoms with Crippen LogP contribution in [0, 0.1) is 6.92 Å². The van der Waals surface area contributed by atoms with E-state index in [-0.39, 0.29) is 6.61 Å². The van der Waals surface area contributed by atoms with E-state index < -0.39 is 5.97 Å². The summed E-state index contributed by atoms with van der Waals surface area (Å²) >= 11 is 5.30. The quantitative estimate of drug-likeness (QED) is 0.233. The summed E-state index contributed by atoms with van der Waals surface area (Å²) in [6.07, 6.45) is 2.12. The Labute approximate surface area is 205 Å². The number of benzene rings is 3. The summed E-state index contributed by atoms with van der Waals surface area (Å²) in [6, 6.07) is 24.5. The van der Waals surface area contributed by atoms with Crippen LogP contribution < -0.4 is 9.47 Å². The van der Waals surface area contributed by atoms with Gasteiger partial charge in [-0.15, -0.1) is 11.3 Å². The van der Waals surface area contributed by atoms with E-state index in [9.17, 15) is 4.79 Å². The molecule has 4 nitrogen and oxygen atoms in total. The number of aryl methyl sites for hydroxylation is 1. The average molecular weight is 523 g/mol. The number of carbonyl (C=O) groups excluding carboxylic acids is 1. The van der Waals surface area contributed by atoms with Crippen LogP contribution in [-0.4, -0.2) is 26.3 Å². The van der Waals surface area contributed by atoms with E-state index >= 15 is 0 Å². The molecule has 0 unspecified atom stereocenters. The van der Waals surface area contributed by atoms with Crippen molar-refractivity contribution in [3.63, 3.8) is 0 Å². The second kappa shape index (κ2) is 10.7. The molecule has 0 N–H and O–H groups in total. The van der Waals surface area contributed by atoms with Gasteiger partial charge in [0.1, 0.15) is 18.1 Å². The minimum atomic E-state index is -0.415. The van der Waals surface area contributed by atoms with Crippen molar-refractivity contribution in [3.8, 4) is 11.5 Å². The molecule has 0 atom stereocenters. The maximum absolute atomic E-state index is 11.3. The summed E-state index contributed by atoms with van der Waals surface area (Å²) in [4.78, 5) is 12.5. The van der Waals surface area contributed by atoms with Crippen LogP contribution in [0.1, 0.15) is 16.0 Å². The van der Waals surface area contributed by atoms with Gasteiger partial charge in [0.15, 0.2) is 6.61 Å². The molecule has 0 aliphatic rings. The first-order chi connectivity index (χ1) is 16.0. The highest BCUT2D eigenvalue weighted by Crippen LogP contribution is 2.34. The number of hydrogen-bond acceptors (Lipinski definition) is 5. The Morgan fingerprint density at radius 3 is 2.52 bits per heavy atom. The molecule has 0 amide bonds. The third-order valence-corrected chi connectivity index (χ3v) is 6.78. The zero-order valence-electron chi connectivity index (χ0n) is 18.3. The van der Waals surface area contributed by atoms with Crippen molar-refractivity contribution in [3.05, 3.63) is 99.3 Å². The number of carbonyl (C=O) groups is 1. The number of esters is 1. The molecule has 0 aliphatic heterocycles. The lowest BCUT2D eigenvalue weighted by Crippen LogP contribution is -2.13. The SMILES string of the molecule is COC(=O)COc1ccc(OC/C=C(/c2ccc(Br)cc2)c2cc3ccccc3s2)cc1C. The lowest BCUT2D eigenvalue weighted by molar-refractivity contribution is -0.142. The summed E-state index contributed by atoms with van der Waals surface area (Å²) in [5, 5.41) is 1.24. The summed E-state index contributed by atoms with van der Waals surface area (Å²) in [7, 11) is 1.34. The van der Waals surface area contributed by atoms with Gasteiger partial charge in [-0.3, -0.25) is 0 Å². The number of methoxy groups -OCH3 is 1. The van der Waals surface area contributed by atoms with Gasteiger partial charge in [0.2, 0.25) is 0 Å². The molecule has 33 heavy (non-hydrogen) atoms. The van der Waals surface area contributed by atoms with Crippen molar-refractivity contribution in [1.82, 2.24) is 0 Å². The number of rotatable bonds is 8. The molecule has 0 fully saturated rings. The smallest absolute Gasteiger partial charge is 0.343 e. The molecule has 168 valence electrons. The molecule has 0 aliphatic carbocycles. The largest absolute Gasteiger partial charge is 0.489 e. The van der Waals surface area contributed by atoms with E-state index in [0.29, 0.717) is 12.4 Å². The topological polar surface area (TPSA) is 44.8 Å². The van der Waals surface area contributed by atoms with Crippen LogP contribution >= 0.6 is 27.3 Å². The van der Waals surface area contributed by atoms with E-state index in [4.69, 9.17) is 9.47 Å². The van der Waals surface area contributed by atoms with Crippen molar-refractivity contribution < 1.29 is 19.0 Å². The molecule has 1 aromatic heterocycles. The van der Waals surface area contributed by atoms with Crippen molar-refractivity contribution in [1.29, 1.82) is 0 Å². The highest BCUT2D eigenvalue weighted by atomic mass is 79.9.